The summed E-state index contributed by atoms with van der Waals surface area (Å²) in [7, 11) is 0. The molecule has 1 atom stereocenters. The van der Waals surface area contributed by atoms with Crippen LogP contribution in [0.1, 0.15) is 32.8 Å². The number of carbonyl (C=O) groups is 1. The smallest absolute Gasteiger partial charge is 0.149 e. The molecule has 15 heavy (non-hydrogen) atoms. The second-order valence-electron chi connectivity index (χ2n) is 3.12. The second kappa shape index (κ2) is 8.18. The third kappa shape index (κ3) is 5.33. The van der Waals surface area contributed by atoms with Crippen LogP contribution >= 0.6 is 0 Å². The largest absolute Gasteiger partial charge is 0.321 e. The summed E-state index contributed by atoms with van der Waals surface area (Å²) in [5.41, 5.74) is 6.83. The number of ketones is 1. The maximum atomic E-state index is 11.2. The number of nitrogens with two attached hydrogens (primary N) is 1. The Hall–Kier alpha value is -1.15. The van der Waals surface area contributed by atoms with Gasteiger partial charge < -0.3 is 5.73 Å². The third-order valence-corrected chi connectivity index (χ3v) is 2.06. The van der Waals surface area contributed by atoms with Gasteiger partial charge in [0.2, 0.25) is 0 Å². The van der Waals surface area contributed by atoms with Crippen molar-refractivity contribution in [2.45, 2.75) is 39.7 Å². The Morgan fingerprint density at radius 3 is 2.27 bits per heavy atom. The molecule has 0 spiro atoms. The van der Waals surface area contributed by atoms with Crippen molar-refractivity contribution in [3.8, 4) is 0 Å². The molecule has 1 aromatic rings. The predicted molar refractivity (Wildman–Crippen MR) is 64.8 cm³/mol. The second-order valence-corrected chi connectivity index (χ2v) is 3.12. The normalized spacial score (nSPS) is 11.2. The van der Waals surface area contributed by atoms with Crippen LogP contribution in [0.15, 0.2) is 30.3 Å². The van der Waals surface area contributed by atoms with Crippen LogP contribution in [-0.4, -0.2) is 11.8 Å². The Labute approximate surface area is 92.5 Å². The molecule has 1 rings (SSSR count). The minimum absolute atomic E-state index is 0.129. The number of benzene rings is 1. The molecule has 0 heterocycles. The van der Waals surface area contributed by atoms with Crippen molar-refractivity contribution < 1.29 is 4.79 Å². The van der Waals surface area contributed by atoms with Gasteiger partial charge in [-0.3, -0.25) is 4.79 Å². The van der Waals surface area contributed by atoms with E-state index in [9.17, 15) is 4.79 Å². The van der Waals surface area contributed by atoms with Gasteiger partial charge in [0.25, 0.3) is 0 Å². The zero-order valence-corrected chi connectivity index (χ0v) is 9.86. The first kappa shape index (κ1) is 13.8. The molecule has 2 nitrogen and oxygen atoms in total. The van der Waals surface area contributed by atoms with E-state index in [0.29, 0.717) is 12.8 Å². The SMILES string of the molecule is CC.CCC(=O)C(N)Cc1ccccc1. The fourth-order valence-corrected chi connectivity index (χ4v) is 1.24. The quantitative estimate of drug-likeness (QED) is 0.824. The summed E-state index contributed by atoms with van der Waals surface area (Å²) in [5.74, 6) is 0.129. The van der Waals surface area contributed by atoms with Crippen molar-refractivity contribution in [3.05, 3.63) is 35.9 Å². The minimum atomic E-state index is -0.340. The predicted octanol–water partition coefficient (Wildman–Crippen LogP) is 2.56. The van der Waals surface area contributed by atoms with Crippen molar-refractivity contribution in [1.29, 1.82) is 0 Å². The zero-order valence-electron chi connectivity index (χ0n) is 9.86. The van der Waals surface area contributed by atoms with E-state index in [1.54, 1.807) is 0 Å². The first-order chi connectivity index (χ1) is 7.24. The lowest BCUT2D eigenvalue weighted by atomic mass is 10.0. The van der Waals surface area contributed by atoms with Gasteiger partial charge in [-0.1, -0.05) is 51.1 Å². The molecule has 0 saturated carbocycles. The standard InChI is InChI=1S/C11H15NO.C2H6/c1-2-11(13)10(12)8-9-6-4-3-5-7-9;1-2/h3-7,10H,2,8,12H2,1H3;1-2H3. The van der Waals surface area contributed by atoms with Gasteiger partial charge in [-0.15, -0.1) is 0 Å². The summed E-state index contributed by atoms with van der Waals surface area (Å²) in [4.78, 5) is 11.2. The van der Waals surface area contributed by atoms with Crippen LogP contribution in [0.3, 0.4) is 0 Å². The monoisotopic (exact) mass is 207 g/mol. The van der Waals surface area contributed by atoms with Crippen LogP contribution in [0.2, 0.25) is 0 Å². The molecular formula is C13H21NO. The van der Waals surface area contributed by atoms with Gasteiger partial charge >= 0.3 is 0 Å². The molecular weight excluding hydrogens is 186 g/mol. The number of rotatable bonds is 4. The molecule has 0 aliphatic carbocycles. The van der Waals surface area contributed by atoms with Gasteiger partial charge in [0.1, 0.15) is 5.78 Å². The van der Waals surface area contributed by atoms with E-state index in [-0.39, 0.29) is 11.8 Å². The van der Waals surface area contributed by atoms with Gasteiger partial charge in [-0.05, 0) is 12.0 Å². The van der Waals surface area contributed by atoms with Crippen LogP contribution < -0.4 is 5.73 Å². The van der Waals surface area contributed by atoms with E-state index in [2.05, 4.69) is 0 Å². The number of carbonyl (C=O) groups excluding carboxylic acids is 1. The Bertz CT molecular complexity index is 269. The molecule has 0 saturated heterocycles. The topological polar surface area (TPSA) is 43.1 Å². The maximum Gasteiger partial charge on any atom is 0.149 e. The Morgan fingerprint density at radius 1 is 1.27 bits per heavy atom. The summed E-state index contributed by atoms with van der Waals surface area (Å²) >= 11 is 0. The lowest BCUT2D eigenvalue weighted by molar-refractivity contribution is -0.119. The van der Waals surface area contributed by atoms with Crippen molar-refractivity contribution in [1.82, 2.24) is 0 Å². The van der Waals surface area contributed by atoms with E-state index in [1.807, 2.05) is 51.1 Å². The average Bonchev–Trinajstić information content (AvgIpc) is 2.32. The highest BCUT2D eigenvalue weighted by atomic mass is 16.1. The highest BCUT2D eigenvalue weighted by Crippen LogP contribution is 2.03. The number of hydrogen-bond donors (Lipinski definition) is 1. The molecule has 0 aromatic heterocycles. The van der Waals surface area contributed by atoms with Crippen LogP contribution in [0, 0.1) is 0 Å². The van der Waals surface area contributed by atoms with E-state index < -0.39 is 0 Å². The van der Waals surface area contributed by atoms with E-state index >= 15 is 0 Å². The van der Waals surface area contributed by atoms with Crippen LogP contribution in [0.25, 0.3) is 0 Å². The molecule has 0 fully saturated rings. The van der Waals surface area contributed by atoms with Gasteiger partial charge in [-0.25, -0.2) is 0 Å². The summed E-state index contributed by atoms with van der Waals surface area (Å²) < 4.78 is 0. The highest BCUT2D eigenvalue weighted by molar-refractivity contribution is 5.83. The number of hydrogen-bond acceptors (Lipinski definition) is 2. The van der Waals surface area contributed by atoms with Crippen LogP contribution in [0.4, 0.5) is 0 Å². The summed E-state index contributed by atoms with van der Waals surface area (Å²) in [5, 5.41) is 0. The number of Topliss-reactive ketones (excluding diaryl/α,β-unsaturated/α-hetero) is 1. The average molecular weight is 207 g/mol. The van der Waals surface area contributed by atoms with E-state index in [4.69, 9.17) is 5.73 Å². The summed E-state index contributed by atoms with van der Waals surface area (Å²) in [6, 6.07) is 9.51. The molecule has 2 N–H and O–H groups in total. The van der Waals surface area contributed by atoms with Crippen LogP contribution in [-0.2, 0) is 11.2 Å². The molecule has 0 aliphatic rings. The van der Waals surface area contributed by atoms with E-state index in [1.165, 1.54) is 0 Å². The summed E-state index contributed by atoms with van der Waals surface area (Å²) in [6.45, 7) is 5.84. The molecule has 1 unspecified atom stereocenters. The Kier molecular flexibility index (Phi) is 7.56. The fourth-order valence-electron chi connectivity index (χ4n) is 1.24. The minimum Gasteiger partial charge on any atom is -0.321 e. The molecule has 0 bridgehead atoms. The Balaban J connectivity index is 0.000000921. The van der Waals surface area contributed by atoms with Gasteiger partial charge in [0, 0.05) is 6.42 Å². The molecule has 84 valence electrons. The molecule has 1 aromatic carbocycles. The van der Waals surface area contributed by atoms with Crippen molar-refractivity contribution in [2.24, 2.45) is 5.73 Å². The highest BCUT2D eigenvalue weighted by Gasteiger charge is 2.10. The molecule has 2 heteroatoms. The van der Waals surface area contributed by atoms with Crippen molar-refractivity contribution >= 4 is 5.78 Å². The fraction of sp³-hybridized carbons (Fsp3) is 0.462. The van der Waals surface area contributed by atoms with Crippen LogP contribution in [0.5, 0.6) is 0 Å². The third-order valence-electron chi connectivity index (χ3n) is 2.06. The lowest BCUT2D eigenvalue weighted by Gasteiger charge is -2.08. The first-order valence-electron chi connectivity index (χ1n) is 5.56. The zero-order chi connectivity index (χ0) is 11.7. The first-order valence-corrected chi connectivity index (χ1v) is 5.56. The van der Waals surface area contributed by atoms with Gasteiger partial charge in [0.05, 0.1) is 6.04 Å². The summed E-state index contributed by atoms with van der Waals surface area (Å²) in [6.07, 6.45) is 1.17. The Morgan fingerprint density at radius 2 is 1.80 bits per heavy atom. The maximum absolute atomic E-state index is 11.2. The van der Waals surface area contributed by atoms with Crippen molar-refractivity contribution in [2.75, 3.05) is 0 Å². The molecule has 0 amide bonds. The lowest BCUT2D eigenvalue weighted by Crippen LogP contribution is -2.32. The molecule has 0 aliphatic heterocycles. The van der Waals surface area contributed by atoms with Gasteiger partial charge in [0.15, 0.2) is 0 Å². The van der Waals surface area contributed by atoms with Gasteiger partial charge in [-0.2, -0.15) is 0 Å². The van der Waals surface area contributed by atoms with E-state index in [0.717, 1.165) is 5.56 Å². The molecule has 0 radical (unpaired) electrons. The van der Waals surface area contributed by atoms with Crippen molar-refractivity contribution in [3.63, 3.8) is 0 Å².